The molecular weight excluding hydrogens is 486 g/mol. The largest absolute Gasteiger partial charge is 0.378 e. The van der Waals surface area contributed by atoms with Crippen molar-refractivity contribution in [2.45, 2.75) is 44.4 Å². The van der Waals surface area contributed by atoms with Crippen molar-refractivity contribution in [3.8, 4) is 0 Å². The predicted octanol–water partition coefficient (Wildman–Crippen LogP) is 0.553. The molecule has 1 unspecified atom stereocenters. The summed E-state index contributed by atoms with van der Waals surface area (Å²) in [6.07, 6.45) is 1.51. The fraction of sp³-hybridized carbons (Fsp3) is 0.600. The van der Waals surface area contributed by atoms with E-state index in [2.05, 4.69) is 5.32 Å². The third-order valence-electron chi connectivity index (χ3n) is 6.49. The maximum absolute atomic E-state index is 13.3. The number of carbonyl (C=O) groups excluding carboxylic acids is 4. The maximum Gasteiger partial charge on any atom is 0.292 e. The van der Waals surface area contributed by atoms with Gasteiger partial charge in [0.2, 0.25) is 17.6 Å². The Morgan fingerprint density at radius 3 is 2.22 bits per heavy atom. The van der Waals surface area contributed by atoms with Gasteiger partial charge in [-0.25, -0.2) is 8.42 Å². The minimum atomic E-state index is -3.76. The van der Waals surface area contributed by atoms with E-state index in [0.717, 1.165) is 12.8 Å². The molecule has 2 saturated heterocycles. The molecule has 11 heteroatoms. The lowest BCUT2D eigenvalue weighted by molar-refractivity contribution is -0.146. The SMILES string of the molecule is CC[C@H](NC(=O)C(CC(=O)N1CCOCC1)CS(=O)(=O)Cc1ccccc1)C(=O)C(=O)N1CCCC1. The van der Waals surface area contributed by atoms with Crippen LogP contribution in [0, 0.1) is 5.92 Å². The van der Waals surface area contributed by atoms with Gasteiger partial charge in [0, 0.05) is 32.6 Å². The molecule has 1 aromatic rings. The van der Waals surface area contributed by atoms with Crippen LogP contribution in [0.1, 0.15) is 38.2 Å². The number of amides is 3. The highest BCUT2D eigenvalue weighted by atomic mass is 32.2. The Balaban J connectivity index is 1.73. The first-order valence-electron chi connectivity index (χ1n) is 12.4. The second-order valence-corrected chi connectivity index (χ2v) is 11.4. The molecule has 10 nitrogen and oxygen atoms in total. The smallest absolute Gasteiger partial charge is 0.292 e. The van der Waals surface area contributed by atoms with Crippen molar-refractivity contribution in [2.75, 3.05) is 45.1 Å². The number of morpholine rings is 1. The molecule has 2 heterocycles. The molecule has 36 heavy (non-hydrogen) atoms. The maximum atomic E-state index is 13.3. The first-order valence-corrected chi connectivity index (χ1v) is 14.3. The summed E-state index contributed by atoms with van der Waals surface area (Å²) in [7, 11) is -3.76. The zero-order valence-corrected chi connectivity index (χ0v) is 21.5. The molecule has 2 fully saturated rings. The zero-order valence-electron chi connectivity index (χ0n) is 20.7. The Hall–Kier alpha value is -2.79. The molecule has 2 aliphatic rings. The van der Waals surface area contributed by atoms with Crippen molar-refractivity contribution in [1.82, 2.24) is 15.1 Å². The van der Waals surface area contributed by atoms with Gasteiger partial charge in [-0.15, -0.1) is 0 Å². The summed E-state index contributed by atoms with van der Waals surface area (Å²) in [5.41, 5.74) is 0.578. The lowest BCUT2D eigenvalue weighted by Gasteiger charge is -2.29. The van der Waals surface area contributed by atoms with E-state index in [-0.39, 0.29) is 24.5 Å². The lowest BCUT2D eigenvalue weighted by Crippen LogP contribution is -2.51. The number of likely N-dealkylation sites (tertiary alicyclic amines) is 1. The highest BCUT2D eigenvalue weighted by molar-refractivity contribution is 7.90. The molecule has 0 aliphatic carbocycles. The molecule has 1 N–H and O–H groups in total. The summed E-state index contributed by atoms with van der Waals surface area (Å²) in [5.74, 6) is -4.45. The van der Waals surface area contributed by atoms with Crippen LogP contribution in [0.25, 0.3) is 0 Å². The van der Waals surface area contributed by atoms with E-state index in [0.29, 0.717) is 45.0 Å². The topological polar surface area (TPSA) is 130 Å². The molecule has 0 radical (unpaired) electrons. The van der Waals surface area contributed by atoms with Crippen LogP contribution in [-0.4, -0.2) is 92.9 Å². The molecule has 1 aromatic carbocycles. The number of nitrogens with one attached hydrogen (secondary N) is 1. The van der Waals surface area contributed by atoms with E-state index in [9.17, 15) is 27.6 Å². The number of hydrogen-bond donors (Lipinski definition) is 1. The van der Waals surface area contributed by atoms with Crippen LogP contribution < -0.4 is 5.32 Å². The average molecular weight is 522 g/mol. The average Bonchev–Trinajstić information content (AvgIpc) is 3.41. The summed E-state index contributed by atoms with van der Waals surface area (Å²) in [5, 5.41) is 2.57. The van der Waals surface area contributed by atoms with Gasteiger partial charge in [0.1, 0.15) is 0 Å². The van der Waals surface area contributed by atoms with Crippen LogP contribution in [0.15, 0.2) is 30.3 Å². The monoisotopic (exact) mass is 521 g/mol. The molecule has 0 aromatic heterocycles. The first kappa shape index (κ1) is 27.8. The molecule has 0 saturated carbocycles. The number of hydrogen-bond acceptors (Lipinski definition) is 7. The third-order valence-corrected chi connectivity index (χ3v) is 8.17. The number of carbonyl (C=O) groups is 4. The quantitative estimate of drug-likeness (QED) is 0.421. The van der Waals surface area contributed by atoms with Crippen molar-refractivity contribution in [3.63, 3.8) is 0 Å². The number of ketones is 1. The van der Waals surface area contributed by atoms with Crippen LogP contribution in [0.5, 0.6) is 0 Å². The summed E-state index contributed by atoms with van der Waals surface area (Å²) in [6.45, 7) is 4.15. The minimum Gasteiger partial charge on any atom is -0.378 e. The summed E-state index contributed by atoms with van der Waals surface area (Å²) in [6, 6.07) is 7.52. The van der Waals surface area contributed by atoms with Gasteiger partial charge in [-0.3, -0.25) is 19.2 Å². The van der Waals surface area contributed by atoms with Crippen LogP contribution >= 0.6 is 0 Å². The van der Waals surface area contributed by atoms with E-state index in [1.54, 1.807) is 42.2 Å². The summed E-state index contributed by atoms with van der Waals surface area (Å²) in [4.78, 5) is 54.6. The molecule has 198 valence electrons. The van der Waals surface area contributed by atoms with E-state index in [1.807, 2.05) is 0 Å². The Labute approximate surface area is 212 Å². The fourth-order valence-electron chi connectivity index (χ4n) is 4.44. The van der Waals surface area contributed by atoms with E-state index in [1.165, 1.54) is 4.90 Å². The normalized spacial score (nSPS) is 17.9. The van der Waals surface area contributed by atoms with Crippen LogP contribution in [0.4, 0.5) is 0 Å². The highest BCUT2D eigenvalue weighted by Gasteiger charge is 2.35. The van der Waals surface area contributed by atoms with Crippen molar-refractivity contribution in [1.29, 1.82) is 0 Å². The number of ether oxygens (including phenoxy) is 1. The number of nitrogens with zero attached hydrogens (tertiary/aromatic N) is 2. The van der Waals surface area contributed by atoms with Gasteiger partial charge in [-0.1, -0.05) is 37.3 Å². The van der Waals surface area contributed by atoms with Gasteiger partial charge in [-0.05, 0) is 24.8 Å². The van der Waals surface area contributed by atoms with Crippen molar-refractivity contribution < 1.29 is 32.3 Å². The van der Waals surface area contributed by atoms with Crippen molar-refractivity contribution in [3.05, 3.63) is 35.9 Å². The fourth-order valence-corrected chi connectivity index (χ4v) is 6.14. The number of Topliss-reactive ketones (excluding diaryl/α,β-unsaturated/α-hetero) is 1. The number of benzene rings is 1. The van der Waals surface area contributed by atoms with Crippen LogP contribution in [0.3, 0.4) is 0 Å². The summed E-state index contributed by atoms with van der Waals surface area (Å²) < 4.78 is 31.2. The van der Waals surface area contributed by atoms with Crippen molar-refractivity contribution in [2.24, 2.45) is 5.92 Å². The molecule has 2 aliphatic heterocycles. The molecule has 0 bridgehead atoms. The van der Waals surface area contributed by atoms with Crippen LogP contribution in [-0.2, 0) is 39.5 Å². The Kier molecular flexibility index (Phi) is 10.0. The zero-order chi connectivity index (χ0) is 26.1. The van der Waals surface area contributed by atoms with E-state index < -0.39 is 45.1 Å². The molecule has 2 atom stereocenters. The summed E-state index contributed by atoms with van der Waals surface area (Å²) >= 11 is 0. The van der Waals surface area contributed by atoms with Gasteiger partial charge in [0.15, 0.2) is 9.84 Å². The minimum absolute atomic E-state index is 0.172. The number of sulfone groups is 1. The Bertz CT molecular complexity index is 1030. The second-order valence-electron chi connectivity index (χ2n) is 9.27. The van der Waals surface area contributed by atoms with Gasteiger partial charge in [-0.2, -0.15) is 0 Å². The van der Waals surface area contributed by atoms with Gasteiger partial charge in [0.05, 0.1) is 36.7 Å². The van der Waals surface area contributed by atoms with Crippen LogP contribution in [0.2, 0.25) is 0 Å². The van der Waals surface area contributed by atoms with Crippen molar-refractivity contribution >= 4 is 33.3 Å². The highest BCUT2D eigenvalue weighted by Crippen LogP contribution is 2.17. The first-order chi connectivity index (χ1) is 17.2. The van der Waals surface area contributed by atoms with Gasteiger partial charge >= 0.3 is 0 Å². The molecule has 3 amide bonds. The Morgan fingerprint density at radius 1 is 0.972 bits per heavy atom. The predicted molar refractivity (Wildman–Crippen MR) is 132 cm³/mol. The Morgan fingerprint density at radius 2 is 1.61 bits per heavy atom. The molecule has 3 rings (SSSR count). The third kappa shape index (κ3) is 7.86. The molecule has 0 spiro atoms. The van der Waals surface area contributed by atoms with Gasteiger partial charge in [0.25, 0.3) is 5.91 Å². The van der Waals surface area contributed by atoms with E-state index >= 15 is 0 Å². The molecular formula is C25H35N3O7S. The number of rotatable bonds is 11. The van der Waals surface area contributed by atoms with Gasteiger partial charge < -0.3 is 19.9 Å². The van der Waals surface area contributed by atoms with E-state index in [4.69, 9.17) is 4.74 Å². The lowest BCUT2D eigenvalue weighted by atomic mass is 10.0. The standard InChI is InChI=1S/C25H35N3O7S/c1-2-21(23(30)25(32)28-10-6-7-11-28)26-24(31)20(16-22(29)27-12-14-35-15-13-27)18-36(33,34)17-19-8-4-3-5-9-19/h3-5,8-9,20-21H,2,6-7,10-18H2,1H3,(H,26,31)/t20?,21-/m0/s1. The second kappa shape index (κ2) is 13.0.